The van der Waals surface area contributed by atoms with Gasteiger partial charge in [0.2, 0.25) is 70.9 Å². The largest absolute Gasteiger partial charge is 0.481 e. The third-order valence-electron chi connectivity index (χ3n) is 21.7. The summed E-state index contributed by atoms with van der Waals surface area (Å²) in [6, 6.07) is -8.76. The Morgan fingerprint density at radius 3 is 1.54 bits per heavy atom. The number of thioether (sulfide) groups is 2. The second kappa shape index (κ2) is 45.3. The number of carboxylic acids is 1. The summed E-state index contributed by atoms with van der Waals surface area (Å²) in [5.41, 5.74) is 7.01. The van der Waals surface area contributed by atoms with Crippen LogP contribution in [0.2, 0.25) is 0 Å². The molecule has 4 fully saturated rings. The van der Waals surface area contributed by atoms with Crippen molar-refractivity contribution < 1.29 is 87.9 Å². The number of nitrogens with zero attached hydrogens (tertiary/aromatic N) is 1. The van der Waals surface area contributed by atoms with Crippen LogP contribution in [0.15, 0.2) is 36.8 Å². The van der Waals surface area contributed by atoms with Crippen LogP contribution in [0.3, 0.4) is 0 Å². The molecular weight excluding hydrogens is 1500 g/mol. The molecule has 4 heterocycles. The van der Waals surface area contributed by atoms with Gasteiger partial charge in [0, 0.05) is 54.2 Å². The highest BCUT2D eigenvalue weighted by Gasteiger charge is 2.44. The summed E-state index contributed by atoms with van der Waals surface area (Å²) in [6.45, 7) is 12.3. The predicted octanol–water partition coefficient (Wildman–Crippen LogP) is -0.569. The number of H-pyrrole nitrogens is 1. The third kappa shape index (κ3) is 29.7. The SMILES string of the molecule is CCC[C@@H]1NC(=O)[C@H](CC2CNC3NCCCC23)NC(=O)[C@H]([C@@H](C)O)NC(=O)[C@@H](Cc2cnc[nH]2)NC(=O)[C@H](CC2CCC(O)CC2)NC(=O)[C@H](C(C)(C)C)NC(=O)CCSCc2cccc(c2)CSC[C@@H](C(N)=O)NC(=O)[C@H]([C@@H](C)O)NC(=O)[C@H](CCC)NC(=O)[C@H](CC2CCC(O)CC2)NC(=O)[C@H](CCC(=O)O)NC1=O. The lowest BCUT2D eigenvalue weighted by Gasteiger charge is -2.34. The zero-order chi connectivity index (χ0) is 82.6. The maximum Gasteiger partial charge on any atom is 0.303 e. The lowest BCUT2D eigenvalue weighted by Crippen LogP contribution is -2.63. The average molecular weight is 1620 g/mol. The van der Waals surface area contributed by atoms with E-state index >= 15 is 9.59 Å². The van der Waals surface area contributed by atoms with E-state index in [0.717, 1.165) is 30.5 Å². The Hall–Kier alpha value is -8.00. The number of nitrogens with one attached hydrogen (secondary N) is 14. The van der Waals surface area contributed by atoms with Gasteiger partial charge in [-0.15, -0.1) is 0 Å². The number of benzene rings is 1. The molecule has 0 spiro atoms. The smallest absolute Gasteiger partial charge is 0.303 e. The number of carbonyl (C=O) groups is 13. The molecule has 5 aliphatic rings. The second-order valence-corrected chi connectivity index (χ2v) is 34.2. The molecule has 2 aromatic rings. The van der Waals surface area contributed by atoms with Gasteiger partial charge < -0.3 is 105 Å². The van der Waals surface area contributed by atoms with Gasteiger partial charge in [-0.3, -0.25) is 62.3 Å². The number of carbonyl (C=O) groups excluding carboxylic acids is 12. The Balaban J connectivity index is 1.23. The van der Waals surface area contributed by atoms with Gasteiger partial charge in [0.05, 0.1) is 36.9 Å². The van der Waals surface area contributed by atoms with Gasteiger partial charge >= 0.3 is 5.97 Å². The molecule has 3 unspecified atom stereocenters. The molecule has 16 atom stereocenters. The van der Waals surface area contributed by atoms with E-state index in [1.165, 1.54) is 49.9 Å². The van der Waals surface area contributed by atoms with E-state index in [2.05, 4.69) is 79.1 Å². The van der Waals surface area contributed by atoms with Crippen LogP contribution in [0.25, 0.3) is 0 Å². The number of aliphatic hydroxyl groups excluding tert-OH is 4. The van der Waals surface area contributed by atoms with Crippen LogP contribution in [0.4, 0.5) is 0 Å². The molecule has 630 valence electrons. The Morgan fingerprint density at radius 1 is 0.566 bits per heavy atom. The zero-order valence-corrected chi connectivity index (χ0v) is 67.6. The number of amides is 12. The minimum Gasteiger partial charge on any atom is -0.481 e. The van der Waals surface area contributed by atoms with Crippen LogP contribution < -0.4 is 74.9 Å². The summed E-state index contributed by atoms with van der Waals surface area (Å²) in [4.78, 5) is 194. The van der Waals surface area contributed by atoms with E-state index < -0.39 is 186 Å². The summed E-state index contributed by atoms with van der Waals surface area (Å²) in [7, 11) is 0. The number of primary amides is 1. The fraction of sp³-hybridized carbons (Fsp3) is 0.714. The third-order valence-corrected chi connectivity index (χ3v) is 23.9. The molecular formula is C77H122N16O18S2. The molecule has 113 heavy (non-hydrogen) atoms. The van der Waals surface area contributed by atoms with Crippen molar-refractivity contribution in [2.24, 2.45) is 34.8 Å². The number of imidazole rings is 1. The normalized spacial score (nSPS) is 31.1. The van der Waals surface area contributed by atoms with Gasteiger partial charge in [0.1, 0.15) is 66.5 Å². The van der Waals surface area contributed by atoms with Gasteiger partial charge in [-0.2, -0.15) is 23.5 Å². The van der Waals surface area contributed by atoms with Crippen molar-refractivity contribution in [1.29, 1.82) is 0 Å². The number of hydrogen-bond acceptors (Lipinski definition) is 22. The Labute approximate surface area is 669 Å². The number of carboxylic acid groups (broad SMARTS) is 1. The van der Waals surface area contributed by atoms with Crippen molar-refractivity contribution in [3.8, 4) is 0 Å². The summed E-state index contributed by atoms with van der Waals surface area (Å²) in [5, 5.41) is 90.0. The minimum absolute atomic E-state index is 0.00304. The van der Waals surface area contributed by atoms with Crippen LogP contribution in [-0.2, 0) is 80.3 Å². The van der Waals surface area contributed by atoms with E-state index in [-0.39, 0.29) is 93.4 Å². The van der Waals surface area contributed by atoms with Crippen LogP contribution in [0.1, 0.15) is 194 Å². The van der Waals surface area contributed by atoms with Crippen molar-refractivity contribution >= 4 is 100 Å². The maximum absolute atomic E-state index is 15.1. The van der Waals surface area contributed by atoms with Crippen molar-refractivity contribution in [1.82, 2.24) is 79.1 Å². The Kier molecular flexibility index (Phi) is 37.0. The van der Waals surface area contributed by atoms with Gasteiger partial charge in [-0.1, -0.05) is 71.7 Å². The fourth-order valence-electron chi connectivity index (χ4n) is 15.3. The lowest BCUT2D eigenvalue weighted by molar-refractivity contribution is -0.139. The van der Waals surface area contributed by atoms with Crippen molar-refractivity contribution in [2.75, 3.05) is 24.6 Å². The predicted molar refractivity (Wildman–Crippen MR) is 421 cm³/mol. The summed E-state index contributed by atoms with van der Waals surface area (Å²) < 4.78 is 0. The number of aromatic amines is 1. The van der Waals surface area contributed by atoms with Crippen molar-refractivity contribution in [2.45, 2.75) is 292 Å². The van der Waals surface area contributed by atoms with E-state index in [1.807, 2.05) is 24.3 Å². The first kappa shape index (κ1) is 92.2. The number of aliphatic carboxylic acids is 1. The molecule has 2 aliphatic carbocycles. The van der Waals surface area contributed by atoms with Crippen molar-refractivity contribution in [3.63, 3.8) is 0 Å². The topological polar surface area (TPSA) is 534 Å². The Bertz CT molecular complexity index is 3520. The quantitative estimate of drug-likeness (QED) is 0.0889. The molecule has 1 aromatic carbocycles. The van der Waals surface area contributed by atoms with Crippen LogP contribution in [0, 0.1) is 29.1 Å². The standard InChI is InChI=1S/C77H122N16O18S2/c1-8-12-52-67(102)85-54(25-26-61(99)100)68(103)86-55(31-43-17-21-49(96)22-18-43)70(105)84-53(13-9-2)69(104)92-63(42(4)95)75(110)90-59(65(78)101)39-113-38-46-15-10-14-45(30-46)37-112-29-27-60(98)91-64(77(5,6)7)76(111)89-56(32-44-19-23-50(97)24-20-44)71(106)87-58(34-48-36-79-40-82-48)73(108)93-62(41(3)94)74(109)88-57(72(107)83-52)33-47-35-81-66-51(47)16-11-28-80-66/h10,14-15,30,36,40-44,47,49-59,62-64,66,80-81,94-97H,8-9,11-13,16-29,31-35,37-39H2,1-7H3,(H2,78,101)(H,79,82)(H,83,107)(H,84,105)(H,85,102)(H,86,103)(H,87,106)(H,88,109)(H,89,111)(H,90,110)(H,91,98)(H,92,104)(H,93,108)(H,99,100)/t41-,42-,43?,44?,47?,49?,50?,51?,52+,53+,54+,55+,56+,57+,58-,59+,62+,63+,64-,66?/m1/s1. The molecule has 34 nitrogen and oxygen atoms in total. The summed E-state index contributed by atoms with van der Waals surface area (Å²) in [6.07, 6.45) is 2.22. The van der Waals surface area contributed by atoms with Crippen LogP contribution in [0.5, 0.6) is 0 Å². The molecule has 0 radical (unpaired) electrons. The molecule has 12 amide bonds. The van der Waals surface area contributed by atoms with E-state index in [9.17, 15) is 78.3 Å². The first-order chi connectivity index (χ1) is 53.7. The number of aromatic nitrogens is 2. The molecule has 36 heteroatoms. The lowest BCUT2D eigenvalue weighted by atomic mass is 9.82. The highest BCUT2D eigenvalue weighted by atomic mass is 32.2. The number of rotatable bonds is 18. The summed E-state index contributed by atoms with van der Waals surface area (Å²) in [5.74, 6) is -11.5. The van der Waals surface area contributed by atoms with E-state index in [0.29, 0.717) is 80.9 Å². The maximum atomic E-state index is 15.1. The van der Waals surface area contributed by atoms with Crippen molar-refractivity contribution in [3.05, 3.63) is 53.6 Å². The highest BCUT2D eigenvalue weighted by molar-refractivity contribution is 7.98. The molecule has 2 saturated heterocycles. The van der Waals surface area contributed by atoms with E-state index in [4.69, 9.17) is 5.73 Å². The summed E-state index contributed by atoms with van der Waals surface area (Å²) >= 11 is 2.73. The number of nitrogens with two attached hydrogens (primary N) is 1. The monoisotopic (exact) mass is 1620 g/mol. The van der Waals surface area contributed by atoms with Gasteiger partial charge in [0.25, 0.3) is 0 Å². The highest BCUT2D eigenvalue weighted by Crippen LogP contribution is 2.34. The second-order valence-electron chi connectivity index (χ2n) is 32.1. The molecule has 2 saturated carbocycles. The number of fused-ring (bicyclic) bond motifs is 3. The Morgan fingerprint density at radius 2 is 1.04 bits per heavy atom. The molecule has 1 aromatic heterocycles. The minimum atomic E-state index is -1.81. The first-order valence-corrected chi connectivity index (χ1v) is 42.2. The van der Waals surface area contributed by atoms with Gasteiger partial charge in [-0.25, -0.2) is 4.98 Å². The molecule has 2 bridgehead atoms. The zero-order valence-electron chi connectivity index (χ0n) is 66.0. The molecule has 7 rings (SSSR count). The van der Waals surface area contributed by atoms with Gasteiger partial charge in [0.15, 0.2) is 0 Å². The number of hydrogen-bond donors (Lipinski definition) is 20. The van der Waals surface area contributed by atoms with Crippen LogP contribution in [-0.4, -0.2) is 234 Å². The molecule has 3 aliphatic heterocycles. The van der Waals surface area contributed by atoms with E-state index in [1.54, 1.807) is 34.6 Å². The van der Waals surface area contributed by atoms with Crippen LogP contribution >= 0.6 is 23.5 Å². The number of piperidine rings is 1. The molecule has 21 N–H and O–H groups in total. The average Bonchev–Trinajstić information content (AvgIpc) is 1.75. The first-order valence-electron chi connectivity index (χ1n) is 39.9. The van der Waals surface area contributed by atoms with Gasteiger partial charge in [-0.05, 0) is 170 Å². The fourth-order valence-corrected chi connectivity index (χ4v) is 17.2. The number of aliphatic hydroxyl groups is 4.